The van der Waals surface area contributed by atoms with Crippen molar-refractivity contribution in [3.05, 3.63) is 34.4 Å². The molecule has 5 heteroatoms. The standard InChI is InChI=1S/C9H12N2O3/c1-10-5-6-14-9-4-2-3-8(7-9)11(12)13/h2-4,7,10H,5-6H2,1H3. The summed E-state index contributed by atoms with van der Waals surface area (Å²) < 4.78 is 5.27. The van der Waals surface area contributed by atoms with Crippen molar-refractivity contribution < 1.29 is 9.66 Å². The van der Waals surface area contributed by atoms with Crippen LogP contribution in [0.1, 0.15) is 0 Å². The Morgan fingerprint density at radius 3 is 3.00 bits per heavy atom. The summed E-state index contributed by atoms with van der Waals surface area (Å²) in [5.74, 6) is 0.523. The molecule has 0 saturated carbocycles. The van der Waals surface area contributed by atoms with Crippen LogP contribution in [-0.2, 0) is 0 Å². The first kappa shape index (κ1) is 10.5. The molecule has 0 fully saturated rings. The summed E-state index contributed by atoms with van der Waals surface area (Å²) in [5, 5.41) is 13.3. The van der Waals surface area contributed by atoms with Crippen LogP contribution in [0.4, 0.5) is 5.69 Å². The van der Waals surface area contributed by atoms with Crippen molar-refractivity contribution >= 4 is 5.69 Å². The molecule has 0 amide bonds. The first-order valence-electron chi connectivity index (χ1n) is 4.26. The third-order valence-corrected chi connectivity index (χ3v) is 1.65. The molecule has 0 bridgehead atoms. The molecule has 0 saturated heterocycles. The van der Waals surface area contributed by atoms with Crippen LogP contribution < -0.4 is 10.1 Å². The minimum atomic E-state index is -0.440. The molecule has 1 aromatic carbocycles. The smallest absolute Gasteiger partial charge is 0.273 e. The fraction of sp³-hybridized carbons (Fsp3) is 0.333. The summed E-state index contributed by atoms with van der Waals surface area (Å²) in [5.41, 5.74) is 0.0481. The highest BCUT2D eigenvalue weighted by Gasteiger charge is 2.05. The van der Waals surface area contributed by atoms with Crippen LogP contribution in [0, 0.1) is 10.1 Å². The second kappa shape index (κ2) is 5.18. The van der Waals surface area contributed by atoms with Gasteiger partial charge in [-0.3, -0.25) is 10.1 Å². The molecule has 0 aromatic heterocycles. The molecule has 0 atom stereocenters. The van der Waals surface area contributed by atoms with E-state index in [2.05, 4.69) is 5.32 Å². The highest BCUT2D eigenvalue weighted by atomic mass is 16.6. The minimum Gasteiger partial charge on any atom is -0.492 e. The summed E-state index contributed by atoms with van der Waals surface area (Å²) >= 11 is 0. The number of ether oxygens (including phenoxy) is 1. The second-order valence-corrected chi connectivity index (χ2v) is 2.71. The molecular weight excluding hydrogens is 184 g/mol. The van der Waals surface area contributed by atoms with E-state index in [0.29, 0.717) is 18.9 Å². The zero-order chi connectivity index (χ0) is 10.4. The number of nitrogens with zero attached hydrogens (tertiary/aromatic N) is 1. The van der Waals surface area contributed by atoms with Gasteiger partial charge in [-0.2, -0.15) is 0 Å². The molecule has 0 aliphatic rings. The zero-order valence-electron chi connectivity index (χ0n) is 7.90. The van der Waals surface area contributed by atoms with Gasteiger partial charge in [-0.25, -0.2) is 0 Å². The molecule has 0 heterocycles. The van der Waals surface area contributed by atoms with Crippen molar-refractivity contribution in [3.8, 4) is 5.75 Å². The predicted molar refractivity (Wildman–Crippen MR) is 52.5 cm³/mol. The Bertz CT molecular complexity index is 315. The third kappa shape index (κ3) is 3.02. The van der Waals surface area contributed by atoms with E-state index in [1.54, 1.807) is 12.1 Å². The Kier molecular flexibility index (Phi) is 3.87. The number of nitrogens with one attached hydrogen (secondary N) is 1. The van der Waals surface area contributed by atoms with Gasteiger partial charge in [0, 0.05) is 12.6 Å². The van der Waals surface area contributed by atoms with Gasteiger partial charge in [-0.15, -0.1) is 0 Å². The summed E-state index contributed by atoms with van der Waals surface area (Å²) in [6.07, 6.45) is 0. The summed E-state index contributed by atoms with van der Waals surface area (Å²) in [4.78, 5) is 9.98. The normalized spacial score (nSPS) is 9.79. The Morgan fingerprint density at radius 1 is 1.57 bits per heavy atom. The Labute approximate surface area is 81.8 Å². The molecule has 0 radical (unpaired) electrons. The van der Waals surface area contributed by atoms with Gasteiger partial charge in [0.2, 0.25) is 0 Å². The van der Waals surface area contributed by atoms with Crippen molar-refractivity contribution in [1.82, 2.24) is 5.32 Å². The van der Waals surface area contributed by atoms with Crippen LogP contribution in [-0.4, -0.2) is 25.1 Å². The maximum absolute atomic E-state index is 10.4. The Hall–Kier alpha value is -1.62. The lowest BCUT2D eigenvalue weighted by Gasteiger charge is -2.04. The first-order chi connectivity index (χ1) is 6.74. The van der Waals surface area contributed by atoms with Crippen molar-refractivity contribution in [3.63, 3.8) is 0 Å². The van der Waals surface area contributed by atoms with E-state index in [-0.39, 0.29) is 5.69 Å². The summed E-state index contributed by atoms with van der Waals surface area (Å²) in [6.45, 7) is 1.21. The van der Waals surface area contributed by atoms with E-state index in [9.17, 15) is 10.1 Å². The topological polar surface area (TPSA) is 64.4 Å². The first-order valence-corrected chi connectivity index (χ1v) is 4.26. The van der Waals surface area contributed by atoms with E-state index in [0.717, 1.165) is 0 Å². The molecule has 0 unspecified atom stereocenters. The lowest BCUT2D eigenvalue weighted by molar-refractivity contribution is -0.384. The minimum absolute atomic E-state index is 0.0481. The number of benzene rings is 1. The molecular formula is C9H12N2O3. The van der Waals surface area contributed by atoms with Gasteiger partial charge in [-0.1, -0.05) is 6.07 Å². The maximum atomic E-state index is 10.4. The van der Waals surface area contributed by atoms with E-state index < -0.39 is 4.92 Å². The van der Waals surface area contributed by atoms with Crippen molar-refractivity contribution in [1.29, 1.82) is 0 Å². The summed E-state index contributed by atoms with van der Waals surface area (Å²) in [7, 11) is 1.82. The number of hydrogen-bond donors (Lipinski definition) is 1. The van der Waals surface area contributed by atoms with Gasteiger partial charge in [0.05, 0.1) is 11.0 Å². The number of hydrogen-bond acceptors (Lipinski definition) is 4. The molecule has 76 valence electrons. The highest BCUT2D eigenvalue weighted by molar-refractivity contribution is 5.37. The Morgan fingerprint density at radius 2 is 2.36 bits per heavy atom. The fourth-order valence-electron chi connectivity index (χ4n) is 0.958. The molecule has 0 spiro atoms. The van der Waals surface area contributed by atoms with Crippen molar-refractivity contribution in [2.45, 2.75) is 0 Å². The van der Waals surface area contributed by atoms with Crippen molar-refractivity contribution in [2.24, 2.45) is 0 Å². The van der Waals surface area contributed by atoms with E-state index in [1.807, 2.05) is 7.05 Å². The molecule has 1 N–H and O–H groups in total. The quantitative estimate of drug-likeness (QED) is 0.436. The molecule has 0 aliphatic carbocycles. The molecule has 1 rings (SSSR count). The molecule has 0 aliphatic heterocycles. The van der Waals surface area contributed by atoms with Crippen LogP contribution in [0.3, 0.4) is 0 Å². The van der Waals surface area contributed by atoms with E-state index in [1.165, 1.54) is 12.1 Å². The molecule has 14 heavy (non-hydrogen) atoms. The van der Waals surface area contributed by atoms with Crippen LogP contribution in [0.25, 0.3) is 0 Å². The van der Waals surface area contributed by atoms with Gasteiger partial charge < -0.3 is 10.1 Å². The van der Waals surface area contributed by atoms with Gasteiger partial charge in [0.25, 0.3) is 5.69 Å². The van der Waals surface area contributed by atoms with Crippen molar-refractivity contribution in [2.75, 3.05) is 20.2 Å². The van der Waals surface area contributed by atoms with Crippen LogP contribution in [0.5, 0.6) is 5.75 Å². The van der Waals surface area contributed by atoms with Gasteiger partial charge in [-0.05, 0) is 13.1 Å². The largest absolute Gasteiger partial charge is 0.492 e. The summed E-state index contributed by atoms with van der Waals surface area (Å²) in [6, 6.07) is 6.15. The lowest BCUT2D eigenvalue weighted by Crippen LogP contribution is -2.15. The van der Waals surface area contributed by atoms with E-state index in [4.69, 9.17) is 4.74 Å². The lowest BCUT2D eigenvalue weighted by atomic mass is 10.3. The average Bonchev–Trinajstić information content (AvgIpc) is 2.19. The number of non-ortho nitro benzene ring substituents is 1. The van der Waals surface area contributed by atoms with E-state index >= 15 is 0 Å². The zero-order valence-corrected chi connectivity index (χ0v) is 7.90. The monoisotopic (exact) mass is 196 g/mol. The fourth-order valence-corrected chi connectivity index (χ4v) is 0.958. The number of likely N-dealkylation sites (N-methyl/N-ethyl adjacent to an activating group) is 1. The average molecular weight is 196 g/mol. The highest BCUT2D eigenvalue weighted by Crippen LogP contribution is 2.18. The third-order valence-electron chi connectivity index (χ3n) is 1.65. The van der Waals surface area contributed by atoms with Crippen LogP contribution in [0.15, 0.2) is 24.3 Å². The molecule has 1 aromatic rings. The van der Waals surface area contributed by atoms with Gasteiger partial charge in [0.15, 0.2) is 0 Å². The van der Waals surface area contributed by atoms with Gasteiger partial charge >= 0.3 is 0 Å². The predicted octanol–water partition coefficient (Wildman–Crippen LogP) is 1.19. The number of nitro groups is 1. The van der Waals surface area contributed by atoms with Gasteiger partial charge in [0.1, 0.15) is 12.4 Å². The second-order valence-electron chi connectivity index (χ2n) is 2.71. The SMILES string of the molecule is CNCCOc1cccc([N+](=O)[O-])c1. The number of rotatable bonds is 5. The van der Waals surface area contributed by atoms with Crippen LogP contribution in [0.2, 0.25) is 0 Å². The maximum Gasteiger partial charge on any atom is 0.273 e. The molecule has 5 nitrogen and oxygen atoms in total. The Balaban J connectivity index is 2.59. The van der Waals surface area contributed by atoms with Crippen LogP contribution >= 0.6 is 0 Å². The number of nitro benzene ring substituents is 1.